The van der Waals surface area contributed by atoms with Crippen molar-refractivity contribution in [1.82, 2.24) is 16.0 Å². The molecular weight excluding hydrogens is 490 g/mol. The first kappa shape index (κ1) is 30.1. The summed E-state index contributed by atoms with van der Waals surface area (Å²) in [7, 11) is 1.22. The van der Waals surface area contributed by atoms with Gasteiger partial charge in [-0.3, -0.25) is 4.79 Å². The van der Waals surface area contributed by atoms with Crippen LogP contribution in [0.2, 0.25) is 0 Å². The molecule has 10 nitrogen and oxygen atoms in total. The van der Waals surface area contributed by atoms with Crippen LogP contribution >= 0.6 is 0 Å². The fourth-order valence-electron chi connectivity index (χ4n) is 3.54. The van der Waals surface area contributed by atoms with Crippen LogP contribution in [-0.2, 0) is 36.8 Å². The molecule has 2 aromatic rings. The van der Waals surface area contributed by atoms with Gasteiger partial charge in [-0.15, -0.1) is 0 Å². The topological polar surface area (TPSA) is 132 Å². The van der Waals surface area contributed by atoms with Crippen molar-refractivity contribution in [1.29, 1.82) is 0 Å². The molecule has 10 heteroatoms. The maximum Gasteiger partial charge on any atom is 0.408 e. The van der Waals surface area contributed by atoms with Gasteiger partial charge in [-0.2, -0.15) is 0 Å². The van der Waals surface area contributed by atoms with Crippen LogP contribution in [0.4, 0.5) is 9.59 Å². The van der Waals surface area contributed by atoms with Crippen LogP contribution in [0.3, 0.4) is 0 Å². The first-order chi connectivity index (χ1) is 17.8. The van der Waals surface area contributed by atoms with E-state index in [1.807, 2.05) is 36.4 Å². The van der Waals surface area contributed by atoms with Crippen molar-refractivity contribution in [2.45, 2.75) is 70.9 Å². The number of nitrogens with one attached hydrogen (secondary N) is 3. The van der Waals surface area contributed by atoms with E-state index in [4.69, 9.17) is 14.2 Å². The van der Waals surface area contributed by atoms with E-state index >= 15 is 0 Å². The third-order valence-electron chi connectivity index (χ3n) is 5.37. The van der Waals surface area contributed by atoms with Crippen molar-refractivity contribution in [2.75, 3.05) is 7.11 Å². The van der Waals surface area contributed by atoms with Gasteiger partial charge in [0.25, 0.3) is 0 Å². The predicted octanol–water partition coefficient (Wildman–Crippen LogP) is 3.49. The van der Waals surface area contributed by atoms with Crippen LogP contribution in [0.5, 0.6) is 0 Å². The van der Waals surface area contributed by atoms with E-state index in [0.717, 1.165) is 11.1 Å². The van der Waals surface area contributed by atoms with E-state index in [2.05, 4.69) is 16.0 Å². The Bertz CT molecular complexity index is 1080. The lowest BCUT2D eigenvalue weighted by Gasteiger charge is -2.35. The van der Waals surface area contributed by atoms with E-state index < -0.39 is 47.3 Å². The summed E-state index contributed by atoms with van der Waals surface area (Å²) in [6.07, 6.45) is -1.51. The Morgan fingerprint density at radius 1 is 0.789 bits per heavy atom. The third-order valence-corrected chi connectivity index (χ3v) is 5.37. The maximum absolute atomic E-state index is 13.5. The molecule has 0 aliphatic heterocycles. The second-order valence-corrected chi connectivity index (χ2v) is 10.3. The minimum absolute atomic E-state index is 0.0280. The second-order valence-electron chi connectivity index (χ2n) is 10.3. The zero-order valence-electron chi connectivity index (χ0n) is 22.7. The molecule has 0 saturated heterocycles. The largest absolute Gasteiger partial charge is 0.467 e. The maximum atomic E-state index is 13.5. The van der Waals surface area contributed by atoms with Gasteiger partial charge in [0.15, 0.2) is 0 Å². The standard InChI is InChI=1S/C28H37N3O7/c1-27(2,3)38-26(35)31-28(4,5)22(30-25(34)37-18-20-15-11-8-12-16-20)23(32)29-21(24(33)36-6)17-19-13-9-7-10-14-19/h7-16,21-22H,17-18H2,1-6H3,(H,29,32)(H,30,34)(H,31,35)/t21-,22+/m0/s1. The predicted molar refractivity (Wildman–Crippen MR) is 141 cm³/mol. The lowest BCUT2D eigenvalue weighted by atomic mass is 9.93. The molecule has 0 radical (unpaired) electrons. The number of alkyl carbamates (subject to hydrolysis) is 2. The monoisotopic (exact) mass is 527 g/mol. The number of carbonyl (C=O) groups excluding carboxylic acids is 4. The number of esters is 1. The quantitative estimate of drug-likeness (QED) is 0.318. The zero-order chi connectivity index (χ0) is 28.3. The first-order valence-corrected chi connectivity index (χ1v) is 12.2. The van der Waals surface area contributed by atoms with Crippen LogP contribution in [0.15, 0.2) is 60.7 Å². The summed E-state index contributed by atoms with van der Waals surface area (Å²) < 4.78 is 15.5. The summed E-state index contributed by atoms with van der Waals surface area (Å²) in [5, 5.41) is 7.80. The molecule has 0 heterocycles. The van der Waals surface area contributed by atoms with Crippen molar-refractivity contribution in [2.24, 2.45) is 0 Å². The van der Waals surface area contributed by atoms with Gasteiger partial charge in [-0.25, -0.2) is 14.4 Å². The van der Waals surface area contributed by atoms with Crippen LogP contribution in [-0.4, -0.2) is 54.4 Å². The van der Waals surface area contributed by atoms with Crippen molar-refractivity contribution in [3.05, 3.63) is 71.8 Å². The second kappa shape index (κ2) is 13.5. The summed E-state index contributed by atoms with van der Waals surface area (Å²) in [5.74, 6) is -1.39. The Balaban J connectivity index is 2.24. The Labute approximate surface area is 223 Å². The van der Waals surface area contributed by atoms with Crippen molar-refractivity contribution in [3.63, 3.8) is 0 Å². The lowest BCUT2D eigenvalue weighted by Crippen LogP contribution is -2.66. The molecule has 3 N–H and O–H groups in total. The SMILES string of the molecule is COC(=O)[C@H](Cc1ccccc1)NC(=O)[C@@H](NC(=O)OCc1ccccc1)C(C)(C)NC(=O)OC(C)(C)C. The van der Waals surface area contributed by atoms with E-state index in [0.29, 0.717) is 0 Å². The number of benzene rings is 2. The molecule has 0 bridgehead atoms. The molecule has 2 rings (SSSR count). The molecule has 0 aromatic heterocycles. The zero-order valence-corrected chi connectivity index (χ0v) is 22.7. The Hall–Kier alpha value is -4.08. The van der Waals surface area contributed by atoms with Crippen molar-refractivity contribution in [3.8, 4) is 0 Å². The normalized spacial score (nSPS) is 12.9. The third kappa shape index (κ3) is 10.1. The van der Waals surface area contributed by atoms with Gasteiger partial charge in [0.1, 0.15) is 24.3 Å². The van der Waals surface area contributed by atoms with Gasteiger partial charge in [0.05, 0.1) is 12.6 Å². The van der Waals surface area contributed by atoms with E-state index in [1.165, 1.54) is 7.11 Å². The molecular formula is C28H37N3O7. The summed E-state index contributed by atoms with van der Waals surface area (Å²) in [6, 6.07) is 15.7. The smallest absolute Gasteiger partial charge is 0.408 e. The van der Waals surface area contributed by atoms with Crippen LogP contribution in [0.25, 0.3) is 0 Å². The number of hydrogen-bond donors (Lipinski definition) is 3. The highest BCUT2D eigenvalue weighted by molar-refractivity contribution is 5.91. The van der Waals surface area contributed by atoms with Crippen LogP contribution in [0.1, 0.15) is 45.7 Å². The molecule has 0 aliphatic rings. The van der Waals surface area contributed by atoms with Crippen LogP contribution < -0.4 is 16.0 Å². The Kier molecular flexibility index (Phi) is 10.7. The van der Waals surface area contributed by atoms with E-state index in [-0.39, 0.29) is 13.0 Å². The molecule has 0 fully saturated rings. The fraction of sp³-hybridized carbons (Fsp3) is 0.429. The number of rotatable bonds is 10. The average molecular weight is 528 g/mol. The fourth-order valence-corrected chi connectivity index (χ4v) is 3.54. The minimum Gasteiger partial charge on any atom is -0.467 e. The lowest BCUT2D eigenvalue weighted by molar-refractivity contribution is -0.145. The van der Waals surface area contributed by atoms with E-state index in [1.54, 1.807) is 58.9 Å². The molecule has 0 spiro atoms. The Morgan fingerprint density at radius 3 is 1.87 bits per heavy atom. The van der Waals surface area contributed by atoms with Gasteiger partial charge in [-0.1, -0.05) is 60.7 Å². The number of ether oxygens (including phenoxy) is 3. The van der Waals surface area contributed by atoms with Crippen molar-refractivity contribution >= 4 is 24.1 Å². The van der Waals surface area contributed by atoms with Crippen LogP contribution in [0, 0.1) is 0 Å². The molecule has 206 valence electrons. The summed E-state index contributed by atoms with van der Waals surface area (Å²) in [6.45, 7) is 8.17. The number of methoxy groups -OCH3 is 1. The Morgan fingerprint density at radius 2 is 1.34 bits per heavy atom. The van der Waals surface area contributed by atoms with Gasteiger partial charge in [0, 0.05) is 6.42 Å². The molecule has 2 aromatic carbocycles. The summed E-state index contributed by atoms with van der Waals surface area (Å²) in [5.41, 5.74) is -0.596. The minimum atomic E-state index is -1.36. The number of amides is 3. The molecule has 0 aliphatic carbocycles. The molecule has 3 amide bonds. The number of carbonyl (C=O) groups is 4. The summed E-state index contributed by atoms with van der Waals surface area (Å²) in [4.78, 5) is 51.3. The highest BCUT2D eigenvalue weighted by Gasteiger charge is 2.40. The van der Waals surface area contributed by atoms with Gasteiger partial charge < -0.3 is 30.2 Å². The van der Waals surface area contributed by atoms with Crippen molar-refractivity contribution < 1.29 is 33.4 Å². The highest BCUT2D eigenvalue weighted by atomic mass is 16.6. The molecule has 0 saturated carbocycles. The van der Waals surface area contributed by atoms with Gasteiger partial charge >= 0.3 is 18.2 Å². The summed E-state index contributed by atoms with van der Waals surface area (Å²) >= 11 is 0. The first-order valence-electron chi connectivity index (χ1n) is 12.2. The molecule has 2 atom stereocenters. The molecule has 38 heavy (non-hydrogen) atoms. The number of hydrogen-bond acceptors (Lipinski definition) is 7. The molecule has 0 unspecified atom stereocenters. The highest BCUT2D eigenvalue weighted by Crippen LogP contribution is 2.15. The average Bonchev–Trinajstić information content (AvgIpc) is 2.84. The van der Waals surface area contributed by atoms with Gasteiger partial charge in [-0.05, 0) is 45.7 Å². The van der Waals surface area contributed by atoms with Gasteiger partial charge in [0.2, 0.25) is 5.91 Å². The van der Waals surface area contributed by atoms with E-state index in [9.17, 15) is 19.2 Å².